The maximum atomic E-state index is 12.1. The van der Waals surface area contributed by atoms with Gasteiger partial charge in [-0.15, -0.1) is 0 Å². The summed E-state index contributed by atoms with van der Waals surface area (Å²) < 4.78 is 0.745. The molecule has 2 aromatic rings. The minimum atomic E-state index is -0.239. The zero-order valence-corrected chi connectivity index (χ0v) is 15.0. The van der Waals surface area contributed by atoms with Crippen LogP contribution in [0.25, 0.3) is 0 Å². The smallest absolute Gasteiger partial charge is 0.253 e. The molecule has 8 nitrogen and oxygen atoms in total. The Morgan fingerprint density at radius 1 is 1.09 bits per heavy atom. The molecule has 0 aliphatic heterocycles. The van der Waals surface area contributed by atoms with E-state index in [-0.39, 0.29) is 12.5 Å². The summed E-state index contributed by atoms with van der Waals surface area (Å²) >= 11 is 3.29. The van der Waals surface area contributed by atoms with Crippen molar-refractivity contribution in [1.82, 2.24) is 25.3 Å². The molecular weight excluding hydrogens is 362 g/mol. The SMILES string of the molecule is CN(C)c1nc(CNC(=O)c2cncc(Br)c2)nc(N(C)C)n1. The fourth-order valence-electron chi connectivity index (χ4n) is 1.67. The summed E-state index contributed by atoms with van der Waals surface area (Å²) in [5.41, 5.74) is 0.467. The van der Waals surface area contributed by atoms with Gasteiger partial charge in [0.05, 0.1) is 12.1 Å². The lowest BCUT2D eigenvalue weighted by molar-refractivity contribution is 0.0949. The zero-order chi connectivity index (χ0) is 17.0. The third-order valence-corrected chi connectivity index (χ3v) is 3.27. The molecular formula is C14H18BrN7O. The van der Waals surface area contributed by atoms with Crippen molar-refractivity contribution in [2.24, 2.45) is 0 Å². The van der Waals surface area contributed by atoms with Crippen LogP contribution >= 0.6 is 15.9 Å². The Morgan fingerprint density at radius 2 is 1.70 bits per heavy atom. The van der Waals surface area contributed by atoms with Crippen molar-refractivity contribution >= 4 is 33.7 Å². The van der Waals surface area contributed by atoms with Gasteiger partial charge in [0.1, 0.15) is 0 Å². The maximum Gasteiger partial charge on any atom is 0.253 e. The molecule has 0 saturated heterocycles. The van der Waals surface area contributed by atoms with Crippen LogP contribution in [0, 0.1) is 0 Å². The second-order valence-electron chi connectivity index (χ2n) is 5.22. The lowest BCUT2D eigenvalue weighted by Crippen LogP contribution is -2.26. The summed E-state index contributed by atoms with van der Waals surface area (Å²) in [7, 11) is 7.41. The number of amides is 1. The van der Waals surface area contributed by atoms with E-state index in [9.17, 15) is 4.79 Å². The largest absolute Gasteiger partial charge is 0.347 e. The second-order valence-corrected chi connectivity index (χ2v) is 6.13. The molecule has 0 bridgehead atoms. The molecule has 1 N–H and O–H groups in total. The number of carbonyl (C=O) groups is 1. The van der Waals surface area contributed by atoms with E-state index >= 15 is 0 Å². The highest BCUT2D eigenvalue weighted by atomic mass is 79.9. The molecule has 0 saturated carbocycles. The molecule has 23 heavy (non-hydrogen) atoms. The van der Waals surface area contributed by atoms with Gasteiger partial charge in [-0.05, 0) is 22.0 Å². The molecule has 0 aliphatic rings. The van der Waals surface area contributed by atoms with Gasteiger partial charge in [-0.2, -0.15) is 15.0 Å². The predicted molar refractivity (Wildman–Crippen MR) is 91.6 cm³/mol. The molecule has 122 valence electrons. The summed E-state index contributed by atoms with van der Waals surface area (Å²) in [6.45, 7) is 0.204. The highest BCUT2D eigenvalue weighted by Crippen LogP contribution is 2.11. The minimum Gasteiger partial charge on any atom is -0.347 e. The molecule has 0 radical (unpaired) electrons. The lowest BCUT2D eigenvalue weighted by atomic mass is 10.3. The maximum absolute atomic E-state index is 12.1. The minimum absolute atomic E-state index is 0.204. The Kier molecular flexibility index (Phi) is 5.43. The average molecular weight is 380 g/mol. The molecule has 0 unspecified atom stereocenters. The number of anilines is 2. The van der Waals surface area contributed by atoms with Crippen LogP contribution in [0.2, 0.25) is 0 Å². The van der Waals surface area contributed by atoms with Crippen molar-refractivity contribution in [3.05, 3.63) is 34.3 Å². The number of rotatable bonds is 5. The number of halogens is 1. The molecule has 0 aliphatic carbocycles. The first-order valence-electron chi connectivity index (χ1n) is 6.85. The van der Waals surface area contributed by atoms with Crippen LogP contribution in [-0.2, 0) is 6.54 Å². The Morgan fingerprint density at radius 3 is 2.22 bits per heavy atom. The van der Waals surface area contributed by atoms with Crippen LogP contribution in [0.4, 0.5) is 11.9 Å². The van der Waals surface area contributed by atoms with Crippen molar-refractivity contribution in [3.63, 3.8) is 0 Å². The quantitative estimate of drug-likeness (QED) is 0.831. The highest BCUT2D eigenvalue weighted by Gasteiger charge is 2.12. The van der Waals surface area contributed by atoms with E-state index in [4.69, 9.17) is 0 Å². The molecule has 0 spiro atoms. The molecule has 0 fully saturated rings. The van der Waals surface area contributed by atoms with Crippen molar-refractivity contribution in [1.29, 1.82) is 0 Å². The third kappa shape index (κ3) is 4.59. The van der Waals surface area contributed by atoms with Gasteiger partial charge < -0.3 is 15.1 Å². The van der Waals surface area contributed by atoms with Crippen LogP contribution in [0.5, 0.6) is 0 Å². The van der Waals surface area contributed by atoms with E-state index in [0.717, 1.165) is 4.47 Å². The highest BCUT2D eigenvalue weighted by molar-refractivity contribution is 9.10. The van der Waals surface area contributed by atoms with Crippen LogP contribution in [0.15, 0.2) is 22.9 Å². The monoisotopic (exact) mass is 379 g/mol. The number of aromatic nitrogens is 4. The van der Waals surface area contributed by atoms with Crippen molar-refractivity contribution in [2.75, 3.05) is 38.0 Å². The van der Waals surface area contributed by atoms with Crippen molar-refractivity contribution in [3.8, 4) is 0 Å². The average Bonchev–Trinajstić information content (AvgIpc) is 2.52. The molecule has 2 aromatic heterocycles. The van der Waals surface area contributed by atoms with E-state index in [1.807, 2.05) is 28.2 Å². The summed E-state index contributed by atoms with van der Waals surface area (Å²) in [6.07, 6.45) is 3.12. The van der Waals surface area contributed by atoms with Gasteiger partial charge >= 0.3 is 0 Å². The Labute approximate surface area is 143 Å². The van der Waals surface area contributed by atoms with Gasteiger partial charge in [-0.25, -0.2) is 0 Å². The Balaban J connectivity index is 2.15. The lowest BCUT2D eigenvalue weighted by Gasteiger charge is -2.16. The normalized spacial score (nSPS) is 10.3. The van der Waals surface area contributed by atoms with Crippen LogP contribution in [0.3, 0.4) is 0 Å². The molecule has 1 amide bonds. The molecule has 9 heteroatoms. The van der Waals surface area contributed by atoms with Gasteiger partial charge in [0.2, 0.25) is 11.9 Å². The van der Waals surface area contributed by atoms with Gasteiger partial charge in [0.25, 0.3) is 5.91 Å². The first-order valence-corrected chi connectivity index (χ1v) is 7.64. The first-order chi connectivity index (χ1) is 10.9. The van der Waals surface area contributed by atoms with Gasteiger partial charge in [0.15, 0.2) is 5.82 Å². The van der Waals surface area contributed by atoms with Gasteiger partial charge in [-0.1, -0.05) is 0 Å². The fourth-order valence-corrected chi connectivity index (χ4v) is 2.04. The van der Waals surface area contributed by atoms with Crippen LogP contribution < -0.4 is 15.1 Å². The van der Waals surface area contributed by atoms with Crippen LogP contribution in [0.1, 0.15) is 16.2 Å². The Hall–Kier alpha value is -2.29. The molecule has 0 aromatic carbocycles. The number of pyridine rings is 1. The number of carbonyl (C=O) groups excluding carboxylic acids is 1. The second kappa shape index (κ2) is 7.32. The number of nitrogens with zero attached hydrogens (tertiary/aromatic N) is 6. The standard InChI is InChI=1S/C14H18BrN7O/c1-21(2)13-18-11(19-14(20-13)22(3)4)8-17-12(23)9-5-10(15)7-16-6-9/h5-7H,8H2,1-4H3,(H,17,23). The van der Waals surface area contributed by atoms with Gasteiger partial charge in [0, 0.05) is 45.1 Å². The van der Waals surface area contributed by atoms with E-state index in [1.165, 1.54) is 6.20 Å². The summed E-state index contributed by atoms with van der Waals surface area (Å²) in [5, 5.41) is 2.79. The van der Waals surface area contributed by atoms with Crippen LogP contribution in [-0.4, -0.2) is 54.0 Å². The van der Waals surface area contributed by atoms with E-state index in [0.29, 0.717) is 23.3 Å². The van der Waals surface area contributed by atoms with Gasteiger partial charge in [-0.3, -0.25) is 9.78 Å². The topological polar surface area (TPSA) is 87.1 Å². The number of hydrogen-bond donors (Lipinski definition) is 1. The zero-order valence-electron chi connectivity index (χ0n) is 13.4. The molecule has 0 atom stereocenters. The first kappa shape index (κ1) is 17.1. The fraction of sp³-hybridized carbons (Fsp3) is 0.357. The third-order valence-electron chi connectivity index (χ3n) is 2.83. The summed E-state index contributed by atoms with van der Waals surface area (Å²) in [5.74, 6) is 1.33. The molecule has 2 heterocycles. The Bertz CT molecular complexity index is 679. The van der Waals surface area contributed by atoms with Crippen molar-refractivity contribution < 1.29 is 4.79 Å². The van der Waals surface area contributed by atoms with Crippen molar-refractivity contribution in [2.45, 2.75) is 6.54 Å². The van der Waals surface area contributed by atoms with E-state index < -0.39 is 0 Å². The number of nitrogens with one attached hydrogen (secondary N) is 1. The summed E-state index contributed by atoms with van der Waals surface area (Å²) in [6, 6.07) is 1.70. The molecule has 2 rings (SSSR count). The van der Waals surface area contributed by atoms with E-state index in [2.05, 4.69) is 41.2 Å². The number of hydrogen-bond acceptors (Lipinski definition) is 7. The van der Waals surface area contributed by atoms with E-state index in [1.54, 1.807) is 22.1 Å². The summed E-state index contributed by atoms with van der Waals surface area (Å²) in [4.78, 5) is 32.7. The predicted octanol–water partition coefficient (Wildman–Crippen LogP) is 1.09.